The smallest absolute Gasteiger partial charge is 0.196 e. The maximum atomic E-state index is 13.7. The van der Waals surface area contributed by atoms with Gasteiger partial charge in [-0.1, -0.05) is 0 Å². The lowest BCUT2D eigenvalue weighted by atomic mass is 9.72. The standard InChI is InChI=1S/C12H16FNO2/c1-15-10-7-8(12(14)4-3-5-12)6-9(13)11(10)16-2/h6-7H,3-5,14H2,1-2H3. The molecule has 1 aliphatic carbocycles. The molecule has 1 aromatic carbocycles. The molecule has 0 unspecified atom stereocenters. The van der Waals surface area contributed by atoms with Crippen LogP contribution in [-0.2, 0) is 5.54 Å². The predicted molar refractivity (Wildman–Crippen MR) is 59.2 cm³/mol. The molecule has 0 saturated heterocycles. The van der Waals surface area contributed by atoms with E-state index in [-0.39, 0.29) is 11.3 Å². The van der Waals surface area contributed by atoms with Crippen molar-refractivity contribution in [3.63, 3.8) is 0 Å². The minimum absolute atomic E-state index is 0.133. The van der Waals surface area contributed by atoms with Crippen LogP contribution in [0.5, 0.6) is 11.5 Å². The molecule has 2 N–H and O–H groups in total. The molecule has 4 heteroatoms. The Morgan fingerprint density at radius 3 is 2.38 bits per heavy atom. The quantitative estimate of drug-likeness (QED) is 0.857. The molecule has 2 rings (SSSR count). The molecule has 0 amide bonds. The number of ether oxygens (including phenoxy) is 2. The van der Waals surface area contributed by atoms with E-state index in [1.54, 1.807) is 6.07 Å². The lowest BCUT2D eigenvalue weighted by Gasteiger charge is -2.38. The van der Waals surface area contributed by atoms with Crippen molar-refractivity contribution in [3.8, 4) is 11.5 Å². The molecule has 0 aliphatic heterocycles. The monoisotopic (exact) mass is 225 g/mol. The van der Waals surface area contributed by atoms with E-state index in [2.05, 4.69) is 0 Å². The number of nitrogens with two attached hydrogens (primary N) is 1. The molecule has 3 nitrogen and oxygen atoms in total. The maximum absolute atomic E-state index is 13.7. The molecule has 88 valence electrons. The fourth-order valence-corrected chi connectivity index (χ4v) is 2.05. The van der Waals surface area contributed by atoms with E-state index in [9.17, 15) is 4.39 Å². The Morgan fingerprint density at radius 2 is 1.94 bits per heavy atom. The highest BCUT2D eigenvalue weighted by atomic mass is 19.1. The van der Waals surface area contributed by atoms with Crippen LogP contribution in [0.25, 0.3) is 0 Å². The molecule has 1 aromatic rings. The van der Waals surface area contributed by atoms with Gasteiger partial charge in [-0.3, -0.25) is 0 Å². The van der Waals surface area contributed by atoms with Crippen LogP contribution < -0.4 is 15.2 Å². The molecule has 1 saturated carbocycles. The van der Waals surface area contributed by atoms with Crippen LogP contribution in [0.1, 0.15) is 24.8 Å². The summed E-state index contributed by atoms with van der Waals surface area (Å²) in [6.07, 6.45) is 2.87. The number of rotatable bonds is 3. The number of halogens is 1. The summed E-state index contributed by atoms with van der Waals surface area (Å²) in [5.74, 6) is 0.108. The Hall–Kier alpha value is -1.29. The first kappa shape index (κ1) is 11.2. The summed E-state index contributed by atoms with van der Waals surface area (Å²) in [6.45, 7) is 0. The second-order valence-electron chi connectivity index (χ2n) is 4.20. The maximum Gasteiger partial charge on any atom is 0.196 e. The van der Waals surface area contributed by atoms with Crippen molar-refractivity contribution in [1.29, 1.82) is 0 Å². The van der Waals surface area contributed by atoms with Gasteiger partial charge >= 0.3 is 0 Å². The minimum Gasteiger partial charge on any atom is -0.493 e. The predicted octanol–water partition coefficient (Wildman–Crippen LogP) is 2.18. The van der Waals surface area contributed by atoms with E-state index in [0.29, 0.717) is 5.75 Å². The molecule has 16 heavy (non-hydrogen) atoms. The summed E-state index contributed by atoms with van der Waals surface area (Å²) in [6, 6.07) is 3.21. The Kier molecular flexibility index (Phi) is 2.76. The van der Waals surface area contributed by atoms with Gasteiger partial charge in [-0.15, -0.1) is 0 Å². The number of hydrogen-bond acceptors (Lipinski definition) is 3. The summed E-state index contributed by atoms with van der Waals surface area (Å²) in [5, 5.41) is 0. The van der Waals surface area contributed by atoms with Crippen LogP contribution in [0.4, 0.5) is 4.39 Å². The van der Waals surface area contributed by atoms with Crippen LogP contribution in [0.15, 0.2) is 12.1 Å². The molecule has 0 radical (unpaired) electrons. The van der Waals surface area contributed by atoms with Crippen LogP contribution >= 0.6 is 0 Å². The van der Waals surface area contributed by atoms with Crippen molar-refractivity contribution in [2.75, 3.05) is 14.2 Å². The molecule has 0 heterocycles. The molecule has 0 bridgehead atoms. The highest BCUT2D eigenvalue weighted by molar-refractivity contribution is 5.46. The third-order valence-corrected chi connectivity index (χ3v) is 3.25. The molecule has 1 fully saturated rings. The Labute approximate surface area is 94.3 Å². The normalized spacial score (nSPS) is 17.8. The van der Waals surface area contributed by atoms with Gasteiger partial charge in [0, 0.05) is 5.54 Å². The van der Waals surface area contributed by atoms with Crippen molar-refractivity contribution in [2.45, 2.75) is 24.8 Å². The molecular weight excluding hydrogens is 209 g/mol. The van der Waals surface area contributed by atoms with Crippen molar-refractivity contribution >= 4 is 0 Å². The van der Waals surface area contributed by atoms with E-state index >= 15 is 0 Å². The first-order chi connectivity index (χ1) is 7.60. The minimum atomic E-state index is -0.423. The fraction of sp³-hybridized carbons (Fsp3) is 0.500. The zero-order valence-corrected chi connectivity index (χ0v) is 9.55. The second kappa shape index (κ2) is 3.94. The average Bonchev–Trinajstić information content (AvgIpc) is 2.24. The summed E-state index contributed by atoms with van der Waals surface area (Å²) < 4.78 is 23.8. The second-order valence-corrected chi connectivity index (χ2v) is 4.20. The average molecular weight is 225 g/mol. The van der Waals surface area contributed by atoms with Crippen LogP contribution in [0, 0.1) is 5.82 Å². The molecule has 0 atom stereocenters. The highest BCUT2D eigenvalue weighted by Crippen LogP contribution is 2.42. The lowest BCUT2D eigenvalue weighted by Crippen LogP contribution is -2.43. The number of benzene rings is 1. The van der Waals surface area contributed by atoms with Gasteiger partial charge in [0.1, 0.15) is 0 Å². The molecule has 1 aliphatic rings. The first-order valence-corrected chi connectivity index (χ1v) is 5.31. The van der Waals surface area contributed by atoms with Crippen molar-refractivity contribution in [1.82, 2.24) is 0 Å². The summed E-state index contributed by atoms with van der Waals surface area (Å²) in [7, 11) is 2.91. The van der Waals surface area contributed by atoms with E-state index in [4.69, 9.17) is 15.2 Å². The van der Waals surface area contributed by atoms with Crippen molar-refractivity contribution in [3.05, 3.63) is 23.5 Å². The van der Waals surface area contributed by atoms with E-state index in [1.807, 2.05) is 0 Å². The summed E-state index contributed by atoms with van der Waals surface area (Å²) in [5.41, 5.74) is 6.54. The van der Waals surface area contributed by atoms with Crippen LogP contribution in [0.3, 0.4) is 0 Å². The number of methoxy groups -OCH3 is 2. The first-order valence-electron chi connectivity index (χ1n) is 5.31. The topological polar surface area (TPSA) is 44.5 Å². The van der Waals surface area contributed by atoms with Gasteiger partial charge in [-0.05, 0) is 37.0 Å². The highest BCUT2D eigenvalue weighted by Gasteiger charge is 2.35. The zero-order valence-electron chi connectivity index (χ0n) is 9.55. The lowest BCUT2D eigenvalue weighted by molar-refractivity contribution is 0.250. The van der Waals surface area contributed by atoms with E-state index < -0.39 is 5.82 Å². The largest absolute Gasteiger partial charge is 0.493 e. The third kappa shape index (κ3) is 1.63. The van der Waals surface area contributed by atoms with Gasteiger partial charge in [-0.25, -0.2) is 4.39 Å². The molecule has 0 aromatic heterocycles. The van der Waals surface area contributed by atoms with Crippen LogP contribution in [-0.4, -0.2) is 14.2 Å². The van der Waals surface area contributed by atoms with E-state index in [1.165, 1.54) is 20.3 Å². The van der Waals surface area contributed by atoms with Crippen molar-refractivity contribution in [2.24, 2.45) is 5.73 Å². The summed E-state index contributed by atoms with van der Waals surface area (Å²) in [4.78, 5) is 0. The Balaban J connectivity index is 2.45. The van der Waals surface area contributed by atoms with Gasteiger partial charge in [0.25, 0.3) is 0 Å². The van der Waals surface area contributed by atoms with Gasteiger partial charge in [0.05, 0.1) is 14.2 Å². The van der Waals surface area contributed by atoms with Gasteiger partial charge in [-0.2, -0.15) is 0 Å². The summed E-state index contributed by atoms with van der Waals surface area (Å²) >= 11 is 0. The number of hydrogen-bond donors (Lipinski definition) is 1. The van der Waals surface area contributed by atoms with Gasteiger partial charge < -0.3 is 15.2 Å². The Bertz CT molecular complexity index is 402. The fourth-order valence-electron chi connectivity index (χ4n) is 2.05. The zero-order chi connectivity index (χ0) is 11.8. The van der Waals surface area contributed by atoms with Crippen LogP contribution in [0.2, 0.25) is 0 Å². The van der Waals surface area contributed by atoms with E-state index in [0.717, 1.165) is 24.8 Å². The molecule has 0 spiro atoms. The third-order valence-electron chi connectivity index (χ3n) is 3.25. The van der Waals surface area contributed by atoms with Crippen molar-refractivity contribution < 1.29 is 13.9 Å². The van der Waals surface area contributed by atoms with Gasteiger partial charge in [0.2, 0.25) is 0 Å². The van der Waals surface area contributed by atoms with Gasteiger partial charge in [0.15, 0.2) is 17.3 Å². The molecular formula is C12H16FNO2. The SMILES string of the molecule is COc1cc(C2(N)CCC2)cc(F)c1OC. The Morgan fingerprint density at radius 1 is 1.25 bits per heavy atom.